The topological polar surface area (TPSA) is 88.0 Å². The Morgan fingerprint density at radius 1 is 1.28 bits per heavy atom. The molecule has 0 atom stereocenters. The van der Waals surface area contributed by atoms with Crippen LogP contribution in [0.4, 0.5) is 0 Å². The highest BCUT2D eigenvalue weighted by Crippen LogP contribution is 2.18. The minimum Gasteiger partial charge on any atom is -0.368 e. The highest BCUT2D eigenvalue weighted by atomic mass is 16.2. The number of H-pyrrole nitrogens is 1. The van der Waals surface area contributed by atoms with E-state index in [-0.39, 0.29) is 12.5 Å². The second-order valence-corrected chi connectivity index (χ2v) is 4.10. The summed E-state index contributed by atoms with van der Waals surface area (Å²) < 4.78 is 0. The Labute approximate surface area is 104 Å². The molecule has 2 rings (SSSR count). The average molecular weight is 245 g/mol. The molecule has 18 heavy (non-hydrogen) atoms. The highest BCUT2D eigenvalue weighted by molar-refractivity contribution is 5.85. The van der Waals surface area contributed by atoms with Crippen LogP contribution < -0.4 is 11.1 Å². The minimum absolute atomic E-state index is 0.104. The van der Waals surface area contributed by atoms with Gasteiger partial charge in [-0.3, -0.25) is 9.59 Å². The molecule has 94 valence electrons. The van der Waals surface area contributed by atoms with E-state index < -0.39 is 5.91 Å². The lowest BCUT2D eigenvalue weighted by atomic mass is 10.1. The van der Waals surface area contributed by atoms with E-state index >= 15 is 0 Å². The molecule has 1 heterocycles. The van der Waals surface area contributed by atoms with Crippen LogP contribution in [0.1, 0.15) is 12.0 Å². The number of hydrogen-bond donors (Lipinski definition) is 3. The van der Waals surface area contributed by atoms with E-state index in [0.717, 1.165) is 16.5 Å². The molecule has 1 aromatic carbocycles. The first-order chi connectivity index (χ1) is 8.66. The van der Waals surface area contributed by atoms with Crippen LogP contribution in [0, 0.1) is 0 Å². The molecule has 0 spiro atoms. The van der Waals surface area contributed by atoms with Crippen LogP contribution in [-0.2, 0) is 16.0 Å². The number of carbonyl (C=O) groups excluding carboxylic acids is 2. The monoisotopic (exact) mass is 245 g/mol. The molecule has 4 N–H and O–H groups in total. The number of rotatable bonds is 5. The molecule has 0 aliphatic carbocycles. The number of para-hydroxylation sites is 1. The number of primary amides is 1. The highest BCUT2D eigenvalue weighted by Gasteiger charge is 2.06. The largest absolute Gasteiger partial charge is 0.368 e. The Balaban J connectivity index is 1.94. The van der Waals surface area contributed by atoms with Crippen LogP contribution in [0.5, 0.6) is 0 Å². The second-order valence-electron chi connectivity index (χ2n) is 4.10. The quantitative estimate of drug-likeness (QED) is 0.724. The Morgan fingerprint density at radius 2 is 2.06 bits per heavy atom. The smallest absolute Gasteiger partial charge is 0.236 e. The number of benzene rings is 1. The number of amides is 2. The second kappa shape index (κ2) is 5.35. The summed E-state index contributed by atoms with van der Waals surface area (Å²) >= 11 is 0. The molecule has 5 heteroatoms. The lowest BCUT2D eigenvalue weighted by Gasteiger charge is -2.02. The number of nitrogens with one attached hydrogen (secondary N) is 2. The molecule has 0 aliphatic rings. The van der Waals surface area contributed by atoms with E-state index in [1.54, 1.807) is 0 Å². The van der Waals surface area contributed by atoms with Crippen LogP contribution in [0.25, 0.3) is 10.9 Å². The van der Waals surface area contributed by atoms with E-state index in [4.69, 9.17) is 5.73 Å². The average Bonchev–Trinajstić information content (AvgIpc) is 2.77. The first-order valence-corrected chi connectivity index (χ1v) is 5.77. The summed E-state index contributed by atoms with van der Waals surface area (Å²) in [6.07, 6.45) is 2.88. The van der Waals surface area contributed by atoms with Crippen molar-refractivity contribution in [2.75, 3.05) is 6.54 Å². The molecule has 2 amide bonds. The summed E-state index contributed by atoms with van der Waals surface area (Å²) in [4.78, 5) is 25.1. The predicted molar refractivity (Wildman–Crippen MR) is 68.8 cm³/mol. The maximum atomic E-state index is 11.4. The summed E-state index contributed by atoms with van der Waals surface area (Å²) in [7, 11) is 0. The SMILES string of the molecule is NC(=O)CNC(=O)CCc1c[nH]c2ccccc12. The van der Waals surface area contributed by atoms with Gasteiger partial charge >= 0.3 is 0 Å². The first-order valence-electron chi connectivity index (χ1n) is 5.77. The Bertz CT molecular complexity index is 574. The lowest BCUT2D eigenvalue weighted by molar-refractivity contribution is -0.124. The van der Waals surface area contributed by atoms with Gasteiger partial charge in [-0.15, -0.1) is 0 Å². The van der Waals surface area contributed by atoms with Crippen LogP contribution in [0.15, 0.2) is 30.5 Å². The molecular weight excluding hydrogens is 230 g/mol. The fourth-order valence-corrected chi connectivity index (χ4v) is 1.86. The molecule has 5 nitrogen and oxygen atoms in total. The standard InChI is InChI=1S/C13H15N3O2/c14-12(17)8-16-13(18)6-5-9-7-15-11-4-2-1-3-10(9)11/h1-4,7,15H,5-6,8H2,(H2,14,17)(H,16,18). The lowest BCUT2D eigenvalue weighted by Crippen LogP contribution is -2.33. The summed E-state index contributed by atoms with van der Waals surface area (Å²) in [6, 6.07) is 7.93. The van der Waals surface area contributed by atoms with Gasteiger partial charge in [-0.1, -0.05) is 18.2 Å². The maximum absolute atomic E-state index is 11.4. The Hall–Kier alpha value is -2.30. The van der Waals surface area contributed by atoms with Crippen LogP contribution in [-0.4, -0.2) is 23.3 Å². The number of carbonyl (C=O) groups is 2. The molecular formula is C13H15N3O2. The normalized spacial score (nSPS) is 10.4. The van der Waals surface area contributed by atoms with Crippen molar-refractivity contribution in [3.63, 3.8) is 0 Å². The van der Waals surface area contributed by atoms with Gasteiger partial charge in [-0.2, -0.15) is 0 Å². The van der Waals surface area contributed by atoms with Gasteiger partial charge in [-0.25, -0.2) is 0 Å². The van der Waals surface area contributed by atoms with Crippen molar-refractivity contribution in [1.29, 1.82) is 0 Å². The molecule has 0 unspecified atom stereocenters. The van der Waals surface area contributed by atoms with Crippen LogP contribution in [0.2, 0.25) is 0 Å². The van der Waals surface area contributed by atoms with Crippen molar-refractivity contribution in [1.82, 2.24) is 10.3 Å². The van der Waals surface area contributed by atoms with Gasteiger partial charge in [-0.05, 0) is 18.1 Å². The molecule has 0 radical (unpaired) electrons. The Morgan fingerprint density at radius 3 is 2.83 bits per heavy atom. The molecule has 0 saturated carbocycles. The molecule has 0 saturated heterocycles. The van der Waals surface area contributed by atoms with Gasteiger partial charge in [0.15, 0.2) is 0 Å². The summed E-state index contributed by atoms with van der Waals surface area (Å²) in [5.74, 6) is -0.700. The van der Waals surface area contributed by atoms with Crippen LogP contribution in [0.3, 0.4) is 0 Å². The summed E-state index contributed by atoms with van der Waals surface area (Å²) in [5.41, 5.74) is 7.10. The maximum Gasteiger partial charge on any atom is 0.236 e. The number of fused-ring (bicyclic) bond motifs is 1. The van der Waals surface area contributed by atoms with Crippen molar-refractivity contribution >= 4 is 22.7 Å². The van der Waals surface area contributed by atoms with E-state index in [9.17, 15) is 9.59 Å². The van der Waals surface area contributed by atoms with Crippen molar-refractivity contribution < 1.29 is 9.59 Å². The number of aryl methyl sites for hydroxylation is 1. The van der Waals surface area contributed by atoms with Crippen molar-refractivity contribution in [2.45, 2.75) is 12.8 Å². The van der Waals surface area contributed by atoms with E-state index in [2.05, 4.69) is 10.3 Å². The van der Waals surface area contributed by atoms with Crippen LogP contribution >= 0.6 is 0 Å². The molecule has 2 aromatic rings. The number of hydrogen-bond acceptors (Lipinski definition) is 2. The number of nitrogens with two attached hydrogens (primary N) is 1. The zero-order valence-electron chi connectivity index (χ0n) is 9.90. The van der Waals surface area contributed by atoms with Gasteiger partial charge in [0.05, 0.1) is 6.54 Å². The fraction of sp³-hybridized carbons (Fsp3) is 0.231. The third kappa shape index (κ3) is 2.88. The molecule has 1 aromatic heterocycles. The summed E-state index contributed by atoms with van der Waals surface area (Å²) in [5, 5.41) is 3.59. The Kier molecular flexibility index (Phi) is 3.62. The molecule has 0 aliphatic heterocycles. The minimum atomic E-state index is -0.532. The third-order valence-corrected chi connectivity index (χ3v) is 2.76. The van der Waals surface area contributed by atoms with Gasteiger partial charge < -0.3 is 16.0 Å². The summed E-state index contributed by atoms with van der Waals surface area (Å²) in [6.45, 7) is -0.104. The number of aromatic nitrogens is 1. The first kappa shape index (κ1) is 12.2. The fourth-order valence-electron chi connectivity index (χ4n) is 1.86. The van der Waals surface area contributed by atoms with E-state index in [1.807, 2.05) is 30.5 Å². The predicted octanol–water partition coefficient (Wildman–Crippen LogP) is 0.702. The third-order valence-electron chi connectivity index (χ3n) is 2.76. The van der Waals surface area contributed by atoms with E-state index in [1.165, 1.54) is 0 Å². The van der Waals surface area contributed by atoms with Gasteiger partial charge in [0.1, 0.15) is 0 Å². The zero-order valence-corrected chi connectivity index (χ0v) is 9.90. The molecule has 0 bridgehead atoms. The number of aromatic amines is 1. The van der Waals surface area contributed by atoms with Gasteiger partial charge in [0, 0.05) is 23.5 Å². The van der Waals surface area contributed by atoms with Gasteiger partial charge in [0.2, 0.25) is 11.8 Å². The zero-order chi connectivity index (χ0) is 13.0. The molecule has 0 fully saturated rings. The van der Waals surface area contributed by atoms with Crippen molar-refractivity contribution in [3.8, 4) is 0 Å². The van der Waals surface area contributed by atoms with Crippen molar-refractivity contribution in [2.24, 2.45) is 5.73 Å². The van der Waals surface area contributed by atoms with E-state index in [0.29, 0.717) is 12.8 Å². The van der Waals surface area contributed by atoms with Gasteiger partial charge in [0.25, 0.3) is 0 Å². The van der Waals surface area contributed by atoms with Crippen molar-refractivity contribution in [3.05, 3.63) is 36.0 Å².